The second-order valence-electron chi connectivity index (χ2n) is 7.04. The summed E-state index contributed by atoms with van der Waals surface area (Å²) < 4.78 is 40.7. The Morgan fingerprint density at radius 2 is 1.73 bits per heavy atom. The molecule has 2 heterocycles. The topological polar surface area (TPSA) is 106 Å². The Hall–Kier alpha value is -2.33. The largest absolute Gasteiger partial charge is 0.474 e. The van der Waals surface area contributed by atoms with Crippen LogP contribution in [-0.2, 0) is 35.2 Å². The third kappa shape index (κ3) is 5.23. The number of halogens is 1. The van der Waals surface area contributed by atoms with Crippen molar-refractivity contribution in [3.05, 3.63) is 17.6 Å². The molecule has 3 rings (SSSR count). The first-order valence-corrected chi connectivity index (χ1v) is 10.2. The molecule has 0 bridgehead atoms. The lowest BCUT2D eigenvalue weighted by Gasteiger charge is -2.35. The molecule has 1 aliphatic carbocycles. The Bertz CT molecular complexity index is 727. The van der Waals surface area contributed by atoms with E-state index in [4.69, 9.17) is 23.7 Å². The molecule has 1 spiro atoms. The Morgan fingerprint density at radius 3 is 2.27 bits per heavy atom. The van der Waals surface area contributed by atoms with Crippen molar-refractivity contribution < 1.29 is 37.7 Å². The van der Waals surface area contributed by atoms with E-state index in [0.29, 0.717) is 38.9 Å². The summed E-state index contributed by atoms with van der Waals surface area (Å²) in [7, 11) is 0. The summed E-state index contributed by atoms with van der Waals surface area (Å²) in [5, 5.41) is 0. The lowest BCUT2D eigenvalue weighted by molar-refractivity contribution is -0.186. The molecule has 2 aliphatic rings. The fraction of sp³-hybridized carbons (Fsp3) is 0.700. The van der Waals surface area contributed by atoms with Crippen LogP contribution in [0.3, 0.4) is 0 Å². The molecular formula is C20H27FN2O7. The van der Waals surface area contributed by atoms with Gasteiger partial charge in [-0.15, -0.1) is 0 Å². The van der Waals surface area contributed by atoms with Crippen LogP contribution < -0.4 is 4.74 Å². The van der Waals surface area contributed by atoms with Crippen molar-refractivity contribution in [3.8, 4) is 5.88 Å². The van der Waals surface area contributed by atoms with E-state index in [1.165, 1.54) is 6.07 Å². The fourth-order valence-corrected chi connectivity index (χ4v) is 3.65. The van der Waals surface area contributed by atoms with Gasteiger partial charge in [-0.2, -0.15) is 4.98 Å². The summed E-state index contributed by atoms with van der Waals surface area (Å²) in [5.74, 6) is -3.69. The van der Waals surface area contributed by atoms with Crippen molar-refractivity contribution in [1.29, 1.82) is 0 Å². The van der Waals surface area contributed by atoms with Crippen LogP contribution in [0.4, 0.5) is 4.39 Å². The number of rotatable bonds is 8. The van der Waals surface area contributed by atoms with Crippen molar-refractivity contribution in [1.82, 2.24) is 9.97 Å². The molecule has 1 saturated heterocycles. The van der Waals surface area contributed by atoms with Crippen molar-refractivity contribution in [2.45, 2.75) is 64.0 Å². The SMILES string of the molecule is CCOC(=O)C(C(=O)OCC)c1cc(OC2CCC3(CC2)OCCO3)nc(CF)n1. The molecule has 1 aliphatic heterocycles. The van der Waals surface area contributed by atoms with E-state index in [0.717, 1.165) is 0 Å². The molecule has 1 aromatic rings. The second kappa shape index (κ2) is 10.1. The van der Waals surface area contributed by atoms with E-state index >= 15 is 0 Å². The average molecular weight is 426 g/mol. The highest BCUT2D eigenvalue weighted by atomic mass is 19.1. The molecule has 166 valence electrons. The molecule has 0 amide bonds. The minimum Gasteiger partial charge on any atom is -0.474 e. The lowest BCUT2D eigenvalue weighted by atomic mass is 9.92. The quantitative estimate of drug-likeness (QED) is 0.457. The van der Waals surface area contributed by atoms with Gasteiger partial charge < -0.3 is 23.7 Å². The van der Waals surface area contributed by atoms with E-state index in [1.54, 1.807) is 13.8 Å². The molecule has 0 N–H and O–H groups in total. The molecule has 9 nitrogen and oxygen atoms in total. The molecule has 2 fully saturated rings. The summed E-state index contributed by atoms with van der Waals surface area (Å²) in [6.07, 6.45) is 2.52. The van der Waals surface area contributed by atoms with Crippen molar-refractivity contribution >= 4 is 11.9 Å². The van der Waals surface area contributed by atoms with Gasteiger partial charge in [-0.3, -0.25) is 9.59 Å². The van der Waals surface area contributed by atoms with Crippen molar-refractivity contribution in [2.24, 2.45) is 0 Å². The molecule has 0 atom stereocenters. The molecule has 0 radical (unpaired) electrons. The minimum absolute atomic E-state index is 0.0145. The maximum atomic E-state index is 13.4. The first-order valence-electron chi connectivity index (χ1n) is 10.2. The summed E-state index contributed by atoms with van der Waals surface area (Å²) in [4.78, 5) is 32.8. The van der Waals surface area contributed by atoms with Gasteiger partial charge in [-0.1, -0.05) is 0 Å². The number of hydrogen-bond donors (Lipinski definition) is 0. The third-order valence-corrected chi connectivity index (χ3v) is 5.02. The summed E-state index contributed by atoms with van der Waals surface area (Å²) >= 11 is 0. The van der Waals surface area contributed by atoms with Crippen LogP contribution in [-0.4, -0.2) is 60.2 Å². The maximum absolute atomic E-state index is 13.4. The Labute approximate surface area is 174 Å². The van der Waals surface area contributed by atoms with Gasteiger partial charge in [0.2, 0.25) is 5.88 Å². The van der Waals surface area contributed by atoms with Gasteiger partial charge in [0.1, 0.15) is 12.8 Å². The Kier molecular flexibility index (Phi) is 7.54. The molecule has 1 aromatic heterocycles. The summed E-state index contributed by atoms with van der Waals surface area (Å²) in [6, 6.07) is 1.37. The number of carbonyl (C=O) groups is 2. The molecular weight excluding hydrogens is 399 g/mol. The van der Waals surface area contributed by atoms with E-state index in [1.807, 2.05) is 0 Å². The molecule has 0 unspecified atom stereocenters. The first-order chi connectivity index (χ1) is 14.5. The van der Waals surface area contributed by atoms with Crippen LogP contribution >= 0.6 is 0 Å². The van der Waals surface area contributed by atoms with Crippen LogP contribution in [0.5, 0.6) is 5.88 Å². The van der Waals surface area contributed by atoms with E-state index in [2.05, 4.69) is 9.97 Å². The Morgan fingerprint density at radius 1 is 1.13 bits per heavy atom. The van der Waals surface area contributed by atoms with Crippen LogP contribution in [0, 0.1) is 0 Å². The number of hydrogen-bond acceptors (Lipinski definition) is 9. The zero-order chi connectivity index (χ0) is 21.6. The summed E-state index contributed by atoms with van der Waals surface area (Å²) in [6.45, 7) is 3.59. The predicted octanol–water partition coefficient (Wildman–Crippen LogP) is 2.22. The van der Waals surface area contributed by atoms with Crippen LogP contribution in [0.25, 0.3) is 0 Å². The standard InChI is InChI=1S/C20H27FN2O7/c1-3-26-18(24)17(19(25)27-4-2)14-11-16(23-15(12-21)22-14)30-13-5-7-20(8-6-13)28-9-10-29-20/h11,13,17H,3-10,12H2,1-2H3. The maximum Gasteiger partial charge on any atom is 0.326 e. The first kappa shape index (κ1) is 22.4. The van der Waals surface area contributed by atoms with E-state index in [9.17, 15) is 14.0 Å². The highest BCUT2D eigenvalue weighted by molar-refractivity contribution is 6.00. The number of nitrogens with zero attached hydrogens (tertiary/aromatic N) is 2. The van der Waals surface area contributed by atoms with Gasteiger partial charge >= 0.3 is 11.9 Å². The summed E-state index contributed by atoms with van der Waals surface area (Å²) in [5.41, 5.74) is -0.0145. The number of carbonyl (C=O) groups excluding carboxylic acids is 2. The van der Waals surface area contributed by atoms with Gasteiger partial charge in [-0.05, 0) is 26.7 Å². The van der Waals surface area contributed by atoms with Crippen molar-refractivity contribution in [2.75, 3.05) is 26.4 Å². The smallest absolute Gasteiger partial charge is 0.326 e. The average Bonchev–Trinajstić information content (AvgIpc) is 3.18. The lowest BCUT2D eigenvalue weighted by Crippen LogP contribution is -2.38. The third-order valence-electron chi connectivity index (χ3n) is 5.02. The van der Waals surface area contributed by atoms with Crippen LogP contribution in [0.15, 0.2) is 6.07 Å². The fourth-order valence-electron chi connectivity index (χ4n) is 3.65. The monoisotopic (exact) mass is 426 g/mol. The molecule has 10 heteroatoms. The van der Waals surface area contributed by atoms with Gasteiger partial charge in [0, 0.05) is 18.9 Å². The molecule has 30 heavy (non-hydrogen) atoms. The number of aromatic nitrogens is 2. The van der Waals surface area contributed by atoms with Crippen LogP contribution in [0.1, 0.15) is 57.0 Å². The zero-order valence-electron chi connectivity index (χ0n) is 17.2. The highest BCUT2D eigenvalue weighted by Gasteiger charge is 2.41. The Balaban J connectivity index is 1.78. The normalized spacial score (nSPS) is 18.5. The van der Waals surface area contributed by atoms with Crippen LogP contribution in [0.2, 0.25) is 0 Å². The van der Waals surface area contributed by atoms with E-state index in [-0.39, 0.29) is 36.7 Å². The van der Waals surface area contributed by atoms with Gasteiger partial charge in [0.05, 0.1) is 32.1 Å². The molecule has 1 saturated carbocycles. The number of esters is 2. The second-order valence-corrected chi connectivity index (χ2v) is 7.04. The predicted molar refractivity (Wildman–Crippen MR) is 100 cm³/mol. The zero-order valence-corrected chi connectivity index (χ0v) is 17.2. The molecule has 0 aromatic carbocycles. The number of ether oxygens (including phenoxy) is 5. The van der Waals surface area contributed by atoms with Gasteiger partial charge in [0.15, 0.2) is 17.5 Å². The highest BCUT2D eigenvalue weighted by Crippen LogP contribution is 2.37. The minimum atomic E-state index is -1.43. The number of alkyl halides is 1. The van der Waals surface area contributed by atoms with Gasteiger partial charge in [-0.25, -0.2) is 9.37 Å². The van der Waals surface area contributed by atoms with Crippen molar-refractivity contribution in [3.63, 3.8) is 0 Å². The van der Waals surface area contributed by atoms with E-state index < -0.39 is 30.3 Å². The van der Waals surface area contributed by atoms with Gasteiger partial charge in [0.25, 0.3) is 0 Å².